The second-order valence-electron chi connectivity index (χ2n) is 0.510. The first-order chi connectivity index (χ1) is 2.81. The van der Waals surface area contributed by atoms with Crippen LogP contribution in [-0.2, 0) is 0 Å². The number of hydrogen-bond acceptors (Lipinski definition) is 1. The van der Waals surface area contributed by atoms with Crippen molar-refractivity contribution in [3.8, 4) is 12.1 Å². The van der Waals surface area contributed by atoms with Crippen molar-refractivity contribution in [2.45, 2.75) is 0 Å². The van der Waals surface area contributed by atoms with Crippen molar-refractivity contribution < 1.29 is 9.09 Å². The molecule has 0 saturated heterocycles. The first-order valence-corrected chi connectivity index (χ1v) is 4.15. The van der Waals surface area contributed by atoms with Crippen molar-refractivity contribution in [2.75, 3.05) is 0 Å². The van der Waals surface area contributed by atoms with E-state index in [4.69, 9.17) is 4.89 Å². The minimum atomic E-state index is -1.97. The molecule has 0 saturated carbocycles. The van der Waals surface area contributed by atoms with Gasteiger partial charge in [-0.3, -0.25) is 0 Å². The van der Waals surface area contributed by atoms with Crippen LogP contribution in [-0.4, -0.2) is 4.89 Å². The third-order valence-corrected chi connectivity index (χ3v) is 1.52. The molecule has 1 N–H and O–H groups in total. The van der Waals surface area contributed by atoms with Crippen molar-refractivity contribution in [2.24, 2.45) is 0 Å². The monoisotopic (exact) mass is 124 g/mol. The van der Waals surface area contributed by atoms with Crippen LogP contribution in [0.2, 0.25) is 0 Å². The topological polar surface area (TPSA) is 20.2 Å². The van der Waals surface area contributed by atoms with Gasteiger partial charge in [0.25, 0.3) is 0 Å². The lowest BCUT2D eigenvalue weighted by Crippen LogP contribution is -1.36. The predicted octanol–water partition coefficient (Wildman–Crippen LogP) is 1.44. The molecule has 0 bridgehead atoms. The fourth-order valence-corrected chi connectivity index (χ4v) is 0.260. The Kier molecular flexibility index (Phi) is 3.68. The fourth-order valence-electron chi connectivity index (χ4n) is 0.0289. The smallest absolute Gasteiger partial charge is 0.206 e. The van der Waals surface area contributed by atoms with Gasteiger partial charge in [0, 0.05) is 0 Å². The largest absolute Gasteiger partial charge is 0.369 e. The molecule has 0 aliphatic heterocycles. The van der Waals surface area contributed by atoms with Crippen LogP contribution in [0.25, 0.3) is 0 Å². The first-order valence-electron chi connectivity index (χ1n) is 1.13. The first kappa shape index (κ1) is 6.31. The molecule has 34 valence electrons. The molecule has 0 rings (SSSR count). The summed E-state index contributed by atoms with van der Waals surface area (Å²) in [6, 6.07) is 0. The van der Waals surface area contributed by atoms with Crippen LogP contribution in [0.1, 0.15) is 0 Å². The summed E-state index contributed by atoms with van der Waals surface area (Å²) in [5.74, 6) is 0. The van der Waals surface area contributed by atoms with E-state index in [1.807, 2.05) is 0 Å². The van der Waals surface area contributed by atoms with Gasteiger partial charge >= 0.3 is 0 Å². The van der Waals surface area contributed by atoms with Crippen LogP contribution < -0.4 is 0 Å². The average molecular weight is 124 g/mol. The van der Waals surface area contributed by atoms with Crippen molar-refractivity contribution in [1.82, 2.24) is 0 Å². The fraction of sp³-hybridized carbons (Fsp3) is 0. The quantitative estimate of drug-likeness (QED) is 0.414. The van der Waals surface area contributed by atoms with Crippen LogP contribution in [0.4, 0.5) is 4.20 Å². The Hall–Kier alpha value is 0.310. The Labute approximate surface area is 38.6 Å². The molecule has 0 heterocycles. The van der Waals surface area contributed by atoms with E-state index in [9.17, 15) is 4.20 Å². The summed E-state index contributed by atoms with van der Waals surface area (Å²) in [6.45, 7) is 0. The van der Waals surface area contributed by atoms with Gasteiger partial charge in [-0.05, 0) is 5.66 Å². The normalized spacial score (nSPS) is 14.8. The highest BCUT2D eigenvalue weighted by Crippen LogP contribution is 2.52. The van der Waals surface area contributed by atoms with Crippen molar-refractivity contribution in [1.29, 1.82) is 0 Å². The maximum absolute atomic E-state index is 11.5. The minimum Gasteiger partial charge on any atom is -0.369 e. The van der Waals surface area contributed by atoms with E-state index < -0.39 is 16.4 Å². The predicted molar refractivity (Wildman–Crippen MR) is 27.4 cm³/mol. The number of rotatable bonds is 1. The summed E-state index contributed by atoms with van der Waals surface area (Å²) in [6.07, 6.45) is 4.53. The number of terminal acetylenes is 1. The Morgan fingerprint density at radius 3 is 2.50 bits per heavy atom. The zero-order valence-corrected chi connectivity index (χ0v) is 4.74. The molecule has 2 unspecified atom stereocenters. The van der Waals surface area contributed by atoms with E-state index >= 15 is 0 Å². The molecule has 2 atom stereocenters. The zero-order chi connectivity index (χ0) is 4.99. The van der Waals surface area contributed by atoms with Gasteiger partial charge in [0.1, 0.15) is 0 Å². The lowest BCUT2D eigenvalue weighted by atomic mass is 11.4. The van der Waals surface area contributed by atoms with Gasteiger partial charge in [-0.1, -0.05) is 0 Å². The molecule has 0 radical (unpaired) electrons. The Bertz CT molecular complexity index is 68.4. The van der Waals surface area contributed by atoms with E-state index in [1.54, 1.807) is 5.66 Å². The third kappa shape index (κ3) is 2.54. The molecule has 0 aromatic heterocycles. The lowest BCUT2D eigenvalue weighted by Gasteiger charge is -1.84. The van der Waals surface area contributed by atoms with Gasteiger partial charge < -0.3 is 4.89 Å². The summed E-state index contributed by atoms with van der Waals surface area (Å²) >= 11 is 0. The highest BCUT2D eigenvalue weighted by molar-refractivity contribution is 8.19. The standard InChI is InChI=1S/C2H3FOP2/c1-2-6(3)5-4/h1,4-5H. The van der Waals surface area contributed by atoms with E-state index in [-0.39, 0.29) is 0 Å². The van der Waals surface area contributed by atoms with E-state index in [0.29, 0.717) is 0 Å². The molecular formula is C2H3FOP2. The van der Waals surface area contributed by atoms with Crippen molar-refractivity contribution in [3.63, 3.8) is 0 Å². The maximum atomic E-state index is 11.5. The molecule has 0 spiro atoms. The molecule has 0 aliphatic carbocycles. The summed E-state index contributed by atoms with van der Waals surface area (Å²) in [7, 11) is -2.67. The van der Waals surface area contributed by atoms with Crippen molar-refractivity contribution in [3.05, 3.63) is 0 Å². The number of hydrogen-bond donors (Lipinski definition) is 1. The maximum Gasteiger partial charge on any atom is 0.206 e. The van der Waals surface area contributed by atoms with Gasteiger partial charge in [-0.2, -0.15) is 0 Å². The summed E-state index contributed by atoms with van der Waals surface area (Å²) in [5, 5.41) is 0. The SMILES string of the molecule is C#CP(F)PO. The molecule has 1 nitrogen and oxygen atoms in total. The van der Waals surface area contributed by atoms with Gasteiger partial charge in [0.05, 0.1) is 8.50 Å². The molecular weight excluding hydrogens is 121 g/mol. The molecule has 6 heavy (non-hydrogen) atoms. The zero-order valence-electron chi connectivity index (χ0n) is 2.85. The van der Waals surface area contributed by atoms with Crippen LogP contribution >= 0.6 is 16.4 Å². The van der Waals surface area contributed by atoms with Gasteiger partial charge in [-0.15, -0.1) is 6.42 Å². The Morgan fingerprint density at radius 1 is 2.00 bits per heavy atom. The summed E-state index contributed by atoms with van der Waals surface area (Å²) < 4.78 is 11.5. The molecule has 0 fully saturated rings. The van der Waals surface area contributed by atoms with Gasteiger partial charge in [0.2, 0.25) is 7.92 Å². The Balaban J connectivity index is 3.04. The second-order valence-corrected chi connectivity index (χ2v) is 3.31. The summed E-state index contributed by atoms with van der Waals surface area (Å²) in [4.78, 5) is 7.87. The van der Waals surface area contributed by atoms with E-state index in [0.717, 1.165) is 0 Å². The van der Waals surface area contributed by atoms with Gasteiger partial charge in [0.15, 0.2) is 0 Å². The van der Waals surface area contributed by atoms with Crippen LogP contribution in [0, 0.1) is 12.1 Å². The van der Waals surface area contributed by atoms with Crippen molar-refractivity contribution >= 4 is 16.4 Å². The third-order valence-electron chi connectivity index (χ3n) is 0.201. The van der Waals surface area contributed by atoms with Crippen LogP contribution in [0.15, 0.2) is 0 Å². The molecule has 0 aliphatic rings. The van der Waals surface area contributed by atoms with Crippen LogP contribution in [0.3, 0.4) is 0 Å². The molecule has 0 aromatic carbocycles. The summed E-state index contributed by atoms with van der Waals surface area (Å²) in [5.41, 5.74) is 1.78. The van der Waals surface area contributed by atoms with Crippen LogP contribution in [0.5, 0.6) is 0 Å². The number of halogens is 1. The lowest BCUT2D eigenvalue weighted by molar-refractivity contribution is 0.657. The average Bonchev–Trinajstić information content (AvgIpc) is 1.65. The van der Waals surface area contributed by atoms with E-state index in [1.165, 1.54) is 0 Å². The molecule has 4 heteroatoms. The Morgan fingerprint density at radius 2 is 2.50 bits per heavy atom. The highest BCUT2D eigenvalue weighted by atomic mass is 32.1. The highest BCUT2D eigenvalue weighted by Gasteiger charge is 1.93. The van der Waals surface area contributed by atoms with Gasteiger partial charge in [-0.25, -0.2) is 4.20 Å². The molecule has 0 aromatic rings. The minimum absolute atomic E-state index is 0.706. The second kappa shape index (κ2) is 3.50. The van der Waals surface area contributed by atoms with E-state index in [2.05, 4.69) is 6.42 Å². The molecule has 0 amide bonds.